The van der Waals surface area contributed by atoms with E-state index in [0.717, 1.165) is 0 Å². The number of carboxylic acids is 1. The molecule has 13 heteroatoms. The number of β-lactam (4-membered cyclic amide) rings is 1. The van der Waals surface area contributed by atoms with Crippen LogP contribution in [0.5, 0.6) is 0 Å². The number of nitrogens with zero attached hydrogens (tertiary/aromatic N) is 2. The van der Waals surface area contributed by atoms with E-state index < -0.39 is 54.4 Å². The molecule has 3 saturated heterocycles. The van der Waals surface area contributed by atoms with E-state index in [-0.39, 0.29) is 29.3 Å². The number of carbonyl (C=O) groups excluding carboxylic acids is 3. The van der Waals surface area contributed by atoms with Gasteiger partial charge in [-0.25, -0.2) is 9.18 Å². The second-order valence-electron chi connectivity index (χ2n) is 9.24. The lowest BCUT2D eigenvalue weighted by Crippen LogP contribution is -2.66. The van der Waals surface area contributed by atoms with Crippen LogP contribution < -0.4 is 10.6 Å². The van der Waals surface area contributed by atoms with Crippen molar-refractivity contribution in [2.45, 2.75) is 62.7 Å². The Bertz CT molecular complexity index is 934. The summed E-state index contributed by atoms with van der Waals surface area (Å²) in [7, 11) is 0. The van der Waals surface area contributed by atoms with Crippen LogP contribution in [0.4, 0.5) is 13.2 Å². The minimum atomic E-state index is -3.21. The van der Waals surface area contributed by atoms with Crippen molar-refractivity contribution in [3.05, 3.63) is 10.6 Å². The molecule has 0 aromatic rings. The standard InChI is InChI=1S/C21H27F3N4O5S/c1-8-14-13(9(2)26-18(29)17(23)24)20(31)28(14)15(21(32)33)16(8)34-11-5-12(25-6-11)19(30)27-4-3-10(22)7-27/h8-14,17,25H,3-7H2,1-2H3,(H,26,29)(H,32,33)/t8-,9?,10-,11+,12+,13-,14-/m1/s1. The van der Waals surface area contributed by atoms with Gasteiger partial charge >= 0.3 is 12.4 Å². The zero-order chi connectivity index (χ0) is 24.9. The maximum atomic E-state index is 13.5. The molecule has 0 aliphatic carbocycles. The van der Waals surface area contributed by atoms with Gasteiger partial charge in [0.2, 0.25) is 11.8 Å². The molecule has 4 heterocycles. The van der Waals surface area contributed by atoms with E-state index in [0.29, 0.717) is 30.8 Å². The number of fused-ring (bicyclic) bond motifs is 1. The maximum absolute atomic E-state index is 13.5. The first kappa shape index (κ1) is 24.8. The lowest BCUT2D eigenvalue weighted by Gasteiger charge is -2.47. The van der Waals surface area contributed by atoms with E-state index in [1.165, 1.54) is 28.5 Å². The molecule has 9 nitrogen and oxygen atoms in total. The third kappa shape index (κ3) is 4.28. The van der Waals surface area contributed by atoms with Gasteiger partial charge in [-0.15, -0.1) is 11.8 Å². The summed E-state index contributed by atoms with van der Waals surface area (Å²) in [5, 5.41) is 15.0. The van der Waals surface area contributed by atoms with Crippen LogP contribution >= 0.6 is 11.8 Å². The van der Waals surface area contributed by atoms with E-state index in [1.54, 1.807) is 6.92 Å². The van der Waals surface area contributed by atoms with Gasteiger partial charge in [0, 0.05) is 35.2 Å². The summed E-state index contributed by atoms with van der Waals surface area (Å²) < 4.78 is 38.7. The van der Waals surface area contributed by atoms with Crippen molar-refractivity contribution in [2.75, 3.05) is 19.6 Å². The summed E-state index contributed by atoms with van der Waals surface area (Å²) >= 11 is 1.30. The summed E-state index contributed by atoms with van der Waals surface area (Å²) in [5.74, 6) is -4.64. The second-order valence-corrected chi connectivity index (χ2v) is 10.6. The van der Waals surface area contributed by atoms with Crippen molar-refractivity contribution >= 4 is 35.5 Å². The van der Waals surface area contributed by atoms with Crippen molar-refractivity contribution in [3.8, 4) is 0 Å². The van der Waals surface area contributed by atoms with E-state index in [2.05, 4.69) is 10.6 Å². The molecule has 0 aromatic heterocycles. The van der Waals surface area contributed by atoms with Gasteiger partial charge in [0.15, 0.2) is 0 Å². The fourth-order valence-corrected chi connectivity index (χ4v) is 6.85. The molecule has 34 heavy (non-hydrogen) atoms. The van der Waals surface area contributed by atoms with Crippen LogP contribution in [0.25, 0.3) is 0 Å². The number of hydrogen-bond donors (Lipinski definition) is 3. The number of thioether (sulfide) groups is 1. The molecule has 4 rings (SSSR count). The van der Waals surface area contributed by atoms with Crippen molar-refractivity contribution in [2.24, 2.45) is 11.8 Å². The minimum absolute atomic E-state index is 0.0839. The number of hydrogen-bond acceptors (Lipinski definition) is 6. The summed E-state index contributed by atoms with van der Waals surface area (Å²) in [4.78, 5) is 52.1. The number of aliphatic carboxylic acids is 1. The SMILES string of the molecule is CC(NC(=O)C(F)F)[C@H]1C(=O)N2C(C(=O)O)=C(S[C@@H]3CN[C@H](C(=O)N4CC[C@@H](F)C4)C3)[C@H](C)[C@H]12. The molecule has 0 radical (unpaired) electrons. The number of alkyl halides is 3. The van der Waals surface area contributed by atoms with Gasteiger partial charge in [-0.1, -0.05) is 6.92 Å². The number of rotatable bonds is 7. The summed E-state index contributed by atoms with van der Waals surface area (Å²) in [5.41, 5.74) is -0.134. The zero-order valence-electron chi connectivity index (χ0n) is 18.7. The molecule has 4 aliphatic rings. The smallest absolute Gasteiger partial charge is 0.353 e. The molecule has 7 atom stereocenters. The Kier molecular flexibility index (Phi) is 6.87. The highest BCUT2D eigenvalue weighted by atomic mass is 32.2. The zero-order valence-corrected chi connectivity index (χ0v) is 19.5. The van der Waals surface area contributed by atoms with Gasteiger partial charge < -0.3 is 25.5 Å². The van der Waals surface area contributed by atoms with E-state index in [9.17, 15) is 37.5 Å². The van der Waals surface area contributed by atoms with Crippen molar-refractivity contribution in [1.29, 1.82) is 0 Å². The fourth-order valence-electron chi connectivity index (χ4n) is 5.37. The van der Waals surface area contributed by atoms with Gasteiger partial charge in [-0.2, -0.15) is 8.78 Å². The monoisotopic (exact) mass is 504 g/mol. The molecule has 1 unspecified atom stereocenters. The third-order valence-electron chi connectivity index (χ3n) is 7.02. The number of carbonyl (C=O) groups is 4. The van der Waals surface area contributed by atoms with E-state index in [1.807, 2.05) is 0 Å². The normalized spacial score (nSPS) is 33.9. The van der Waals surface area contributed by atoms with Gasteiger partial charge in [0.1, 0.15) is 11.9 Å². The van der Waals surface area contributed by atoms with Crippen LogP contribution in [0.3, 0.4) is 0 Å². The Labute approximate surface area is 198 Å². The Morgan fingerprint density at radius 3 is 2.59 bits per heavy atom. The second kappa shape index (κ2) is 9.40. The minimum Gasteiger partial charge on any atom is -0.477 e. The number of nitrogens with one attached hydrogen (secondary N) is 2. The van der Waals surface area contributed by atoms with E-state index >= 15 is 0 Å². The molecular formula is C21H27F3N4O5S. The molecule has 0 aromatic carbocycles. The highest BCUT2D eigenvalue weighted by Crippen LogP contribution is 2.51. The summed E-state index contributed by atoms with van der Waals surface area (Å²) in [6.07, 6.45) is -3.47. The fraction of sp³-hybridized carbons (Fsp3) is 0.714. The molecular weight excluding hydrogens is 477 g/mol. The number of halogens is 3. The Balaban J connectivity index is 1.44. The predicted octanol–water partition coefficient (Wildman–Crippen LogP) is 0.563. The average Bonchev–Trinajstić information content (AvgIpc) is 3.46. The average molecular weight is 505 g/mol. The largest absolute Gasteiger partial charge is 0.477 e. The van der Waals surface area contributed by atoms with Crippen molar-refractivity contribution in [1.82, 2.24) is 20.4 Å². The first-order chi connectivity index (χ1) is 16.0. The van der Waals surface area contributed by atoms with Gasteiger partial charge in [0.25, 0.3) is 5.91 Å². The van der Waals surface area contributed by atoms with Crippen LogP contribution in [0.1, 0.15) is 26.7 Å². The molecule has 3 N–H and O–H groups in total. The van der Waals surface area contributed by atoms with Gasteiger partial charge in [-0.05, 0) is 19.8 Å². The molecule has 3 amide bonds. The first-order valence-electron chi connectivity index (χ1n) is 11.2. The lowest BCUT2D eigenvalue weighted by molar-refractivity contribution is -0.159. The molecule has 0 bridgehead atoms. The lowest BCUT2D eigenvalue weighted by atomic mass is 9.78. The van der Waals surface area contributed by atoms with Crippen molar-refractivity contribution < 1.29 is 37.5 Å². The van der Waals surface area contributed by atoms with Crippen LogP contribution in [0.2, 0.25) is 0 Å². The third-order valence-corrected chi connectivity index (χ3v) is 8.53. The first-order valence-corrected chi connectivity index (χ1v) is 12.1. The van der Waals surface area contributed by atoms with E-state index in [4.69, 9.17) is 0 Å². The molecule has 3 fully saturated rings. The number of likely N-dealkylation sites (tertiary alicyclic amines) is 1. The molecule has 0 spiro atoms. The summed E-state index contributed by atoms with van der Waals surface area (Å²) in [6.45, 7) is 4.13. The Morgan fingerprint density at radius 1 is 1.29 bits per heavy atom. The van der Waals surface area contributed by atoms with Crippen molar-refractivity contribution in [3.63, 3.8) is 0 Å². The molecule has 188 valence electrons. The number of carboxylic acid groups (broad SMARTS) is 1. The topological polar surface area (TPSA) is 119 Å². The van der Waals surface area contributed by atoms with Gasteiger partial charge in [-0.3, -0.25) is 14.4 Å². The molecule has 0 saturated carbocycles. The predicted molar refractivity (Wildman–Crippen MR) is 115 cm³/mol. The maximum Gasteiger partial charge on any atom is 0.353 e. The van der Waals surface area contributed by atoms with Crippen LogP contribution in [0.15, 0.2) is 10.6 Å². The summed E-state index contributed by atoms with van der Waals surface area (Å²) in [6, 6.07) is -1.93. The van der Waals surface area contributed by atoms with Crippen LogP contribution in [-0.2, 0) is 19.2 Å². The van der Waals surface area contributed by atoms with Gasteiger partial charge in [0.05, 0.1) is 24.5 Å². The highest BCUT2D eigenvalue weighted by Gasteiger charge is 2.60. The Morgan fingerprint density at radius 2 is 2.00 bits per heavy atom. The molecule has 4 aliphatic heterocycles. The highest BCUT2D eigenvalue weighted by molar-refractivity contribution is 8.03. The Hall–Kier alpha value is -2.28. The quantitative estimate of drug-likeness (QED) is 0.434. The van der Waals surface area contributed by atoms with Crippen LogP contribution in [0, 0.1) is 11.8 Å². The van der Waals surface area contributed by atoms with Crippen LogP contribution in [-0.4, -0.2) is 94.2 Å². The number of amides is 3.